The van der Waals surface area contributed by atoms with E-state index >= 15 is 0 Å². The molecule has 1 fully saturated rings. The molecule has 1 aliphatic heterocycles. The molecule has 1 saturated heterocycles. The molecule has 1 atom stereocenters. The zero-order chi connectivity index (χ0) is 17.7. The maximum absolute atomic E-state index is 12.3. The Hall–Kier alpha value is -2.70. The van der Waals surface area contributed by atoms with E-state index in [4.69, 9.17) is 0 Å². The van der Waals surface area contributed by atoms with E-state index < -0.39 is 30.3 Å². The van der Waals surface area contributed by atoms with Crippen LogP contribution in [0.2, 0.25) is 0 Å². The van der Waals surface area contributed by atoms with Crippen molar-refractivity contribution >= 4 is 23.8 Å². The summed E-state index contributed by atoms with van der Waals surface area (Å²) in [5.41, 5.74) is 0.957. The average Bonchev–Trinajstić information content (AvgIpc) is 2.78. The molecule has 1 heterocycles. The maximum atomic E-state index is 12.3. The molecular weight excluding hydrogens is 310 g/mol. The summed E-state index contributed by atoms with van der Waals surface area (Å²) in [5.74, 6) is -2.31. The molecule has 2 rings (SSSR count). The molecule has 1 aliphatic rings. The first-order chi connectivity index (χ1) is 11.5. The molecule has 0 radical (unpaired) electrons. The van der Waals surface area contributed by atoms with Gasteiger partial charge < -0.3 is 5.32 Å². The predicted molar refractivity (Wildman–Crippen MR) is 86.7 cm³/mol. The van der Waals surface area contributed by atoms with Crippen LogP contribution in [0.25, 0.3) is 0 Å². The number of imide groups is 2. The van der Waals surface area contributed by atoms with Gasteiger partial charge in [0.25, 0.3) is 0 Å². The summed E-state index contributed by atoms with van der Waals surface area (Å²) in [5, 5.41) is 2.84. The van der Waals surface area contributed by atoms with Crippen LogP contribution in [-0.2, 0) is 14.4 Å². The fourth-order valence-corrected chi connectivity index (χ4v) is 2.65. The maximum Gasteiger partial charge on any atom is 0.334 e. The van der Waals surface area contributed by atoms with Gasteiger partial charge in [-0.05, 0) is 18.9 Å². The lowest BCUT2D eigenvalue weighted by Gasteiger charge is -2.20. The third-order valence-electron chi connectivity index (χ3n) is 3.87. The third-order valence-corrected chi connectivity index (χ3v) is 3.87. The topological polar surface area (TPSA) is 86.8 Å². The highest BCUT2D eigenvalue weighted by molar-refractivity contribution is 6.45. The van der Waals surface area contributed by atoms with Crippen molar-refractivity contribution in [3.05, 3.63) is 35.9 Å². The van der Waals surface area contributed by atoms with Gasteiger partial charge in [-0.2, -0.15) is 0 Å². The van der Waals surface area contributed by atoms with E-state index in [2.05, 4.69) is 5.32 Å². The van der Waals surface area contributed by atoms with Crippen LogP contribution >= 0.6 is 0 Å². The van der Waals surface area contributed by atoms with Gasteiger partial charge in [0.15, 0.2) is 0 Å². The first-order valence-electron chi connectivity index (χ1n) is 8.01. The summed E-state index contributed by atoms with van der Waals surface area (Å²) in [6, 6.07) is 8.54. The van der Waals surface area contributed by atoms with Crippen LogP contribution in [0, 0.1) is 0 Å². The SMILES string of the molecule is CCC[C@@H](NC(=O)CN1C(=O)C(=O)N(CC)C1=O)c1ccccc1. The third kappa shape index (κ3) is 3.61. The highest BCUT2D eigenvalue weighted by Crippen LogP contribution is 2.18. The lowest BCUT2D eigenvalue weighted by atomic mass is 10.0. The number of nitrogens with one attached hydrogen (secondary N) is 1. The van der Waals surface area contributed by atoms with Gasteiger partial charge in [0.05, 0.1) is 6.04 Å². The Labute approximate surface area is 140 Å². The van der Waals surface area contributed by atoms with Gasteiger partial charge in [0.2, 0.25) is 5.91 Å². The van der Waals surface area contributed by atoms with Crippen LogP contribution in [0.3, 0.4) is 0 Å². The van der Waals surface area contributed by atoms with Crippen LogP contribution in [0.15, 0.2) is 30.3 Å². The number of hydrogen-bond donors (Lipinski definition) is 1. The van der Waals surface area contributed by atoms with E-state index in [0.717, 1.165) is 23.3 Å². The van der Waals surface area contributed by atoms with Crippen LogP contribution < -0.4 is 5.32 Å². The number of carbonyl (C=O) groups is 4. The Bertz CT molecular complexity index is 644. The van der Waals surface area contributed by atoms with Gasteiger partial charge >= 0.3 is 17.8 Å². The molecule has 5 amide bonds. The molecule has 0 unspecified atom stereocenters. The van der Waals surface area contributed by atoms with Crippen molar-refractivity contribution in [1.29, 1.82) is 0 Å². The summed E-state index contributed by atoms with van der Waals surface area (Å²) in [6.07, 6.45) is 1.60. The lowest BCUT2D eigenvalue weighted by Crippen LogP contribution is -2.42. The van der Waals surface area contributed by atoms with E-state index in [9.17, 15) is 19.2 Å². The second-order valence-electron chi connectivity index (χ2n) is 5.54. The highest BCUT2D eigenvalue weighted by atomic mass is 16.2. The van der Waals surface area contributed by atoms with E-state index in [1.165, 1.54) is 0 Å². The fraction of sp³-hybridized carbons (Fsp3) is 0.412. The molecule has 0 saturated carbocycles. The first kappa shape index (κ1) is 17.7. The van der Waals surface area contributed by atoms with Gasteiger partial charge in [0.1, 0.15) is 6.54 Å². The second kappa shape index (κ2) is 7.72. The van der Waals surface area contributed by atoms with E-state index in [1.54, 1.807) is 6.92 Å². The van der Waals surface area contributed by atoms with Crippen LogP contribution in [-0.4, -0.2) is 46.6 Å². The lowest BCUT2D eigenvalue weighted by molar-refractivity contribution is -0.144. The second-order valence-corrected chi connectivity index (χ2v) is 5.54. The quantitative estimate of drug-likeness (QED) is 0.605. The van der Waals surface area contributed by atoms with Gasteiger partial charge in [-0.1, -0.05) is 43.7 Å². The number of benzene rings is 1. The number of amides is 5. The number of nitrogens with zero attached hydrogens (tertiary/aromatic N) is 2. The van der Waals surface area contributed by atoms with Crippen molar-refractivity contribution in [2.45, 2.75) is 32.7 Å². The predicted octanol–water partition coefficient (Wildman–Crippen LogP) is 1.45. The monoisotopic (exact) mass is 331 g/mol. The van der Waals surface area contributed by atoms with Crippen molar-refractivity contribution < 1.29 is 19.2 Å². The molecule has 128 valence electrons. The van der Waals surface area contributed by atoms with Crippen LogP contribution in [0.4, 0.5) is 4.79 Å². The Morgan fingerprint density at radius 2 is 1.67 bits per heavy atom. The molecule has 1 N–H and O–H groups in total. The largest absolute Gasteiger partial charge is 0.348 e. The number of likely N-dealkylation sites (N-methyl/N-ethyl adjacent to an activating group) is 1. The van der Waals surface area contributed by atoms with Crippen molar-refractivity contribution in [3.8, 4) is 0 Å². The Balaban J connectivity index is 2.05. The fourth-order valence-electron chi connectivity index (χ4n) is 2.65. The van der Waals surface area contributed by atoms with Gasteiger partial charge in [-0.25, -0.2) is 9.69 Å². The average molecular weight is 331 g/mol. The molecule has 7 heteroatoms. The molecule has 7 nitrogen and oxygen atoms in total. The Kier molecular flexibility index (Phi) is 5.68. The van der Waals surface area contributed by atoms with Crippen molar-refractivity contribution in [2.75, 3.05) is 13.1 Å². The van der Waals surface area contributed by atoms with E-state index in [-0.39, 0.29) is 12.6 Å². The smallest absolute Gasteiger partial charge is 0.334 e. The Morgan fingerprint density at radius 1 is 1.04 bits per heavy atom. The Morgan fingerprint density at radius 3 is 2.21 bits per heavy atom. The molecule has 0 aromatic heterocycles. The molecule has 0 aliphatic carbocycles. The minimum absolute atomic E-state index is 0.101. The molecule has 1 aromatic carbocycles. The zero-order valence-electron chi connectivity index (χ0n) is 13.8. The molecular formula is C17H21N3O4. The zero-order valence-corrected chi connectivity index (χ0v) is 13.8. The number of hydrogen-bond acceptors (Lipinski definition) is 4. The van der Waals surface area contributed by atoms with Crippen molar-refractivity contribution in [2.24, 2.45) is 0 Å². The van der Waals surface area contributed by atoms with E-state index in [0.29, 0.717) is 4.90 Å². The molecule has 0 bridgehead atoms. The van der Waals surface area contributed by atoms with Gasteiger partial charge in [0, 0.05) is 6.54 Å². The van der Waals surface area contributed by atoms with Gasteiger partial charge in [-0.3, -0.25) is 19.3 Å². The molecule has 24 heavy (non-hydrogen) atoms. The number of urea groups is 1. The highest BCUT2D eigenvalue weighted by Gasteiger charge is 2.44. The van der Waals surface area contributed by atoms with Crippen molar-refractivity contribution in [1.82, 2.24) is 15.1 Å². The summed E-state index contributed by atoms with van der Waals surface area (Å²) >= 11 is 0. The minimum Gasteiger partial charge on any atom is -0.348 e. The van der Waals surface area contributed by atoms with E-state index in [1.807, 2.05) is 37.3 Å². The summed E-state index contributed by atoms with van der Waals surface area (Å²) in [4.78, 5) is 49.3. The number of carbonyl (C=O) groups excluding carboxylic acids is 4. The first-order valence-corrected chi connectivity index (χ1v) is 8.01. The van der Waals surface area contributed by atoms with Crippen LogP contribution in [0.1, 0.15) is 38.3 Å². The number of rotatable bonds is 7. The summed E-state index contributed by atoms with van der Waals surface area (Å²) in [7, 11) is 0. The standard InChI is InChI=1S/C17H21N3O4/c1-3-8-13(12-9-6-5-7-10-12)18-14(21)11-20-16(23)15(22)19(4-2)17(20)24/h5-7,9-10,13H,3-4,8,11H2,1-2H3,(H,18,21)/t13-/m1/s1. The van der Waals surface area contributed by atoms with Crippen molar-refractivity contribution in [3.63, 3.8) is 0 Å². The molecule has 1 aromatic rings. The molecule has 0 spiro atoms. The summed E-state index contributed by atoms with van der Waals surface area (Å²) < 4.78 is 0. The normalized spacial score (nSPS) is 15.8. The minimum atomic E-state index is -0.955. The van der Waals surface area contributed by atoms with Gasteiger partial charge in [-0.15, -0.1) is 0 Å². The summed E-state index contributed by atoms with van der Waals surface area (Å²) in [6.45, 7) is 3.25. The van der Waals surface area contributed by atoms with Crippen LogP contribution in [0.5, 0.6) is 0 Å².